The molecule has 1 unspecified atom stereocenters. The van der Waals surface area contributed by atoms with Crippen LogP contribution in [0.25, 0.3) is 11.0 Å². The minimum Gasteiger partial charge on any atom is -0.381 e. The molecular weight excluding hydrogens is 226 g/mol. The minimum atomic E-state index is 0.450. The van der Waals surface area contributed by atoms with Crippen LogP contribution in [0.1, 0.15) is 6.92 Å². The normalized spacial score (nSPS) is 20.3. The number of rotatable bonds is 1. The molecule has 5 nitrogen and oxygen atoms in total. The summed E-state index contributed by atoms with van der Waals surface area (Å²) >= 11 is 0. The van der Waals surface area contributed by atoms with Crippen molar-refractivity contribution in [1.29, 1.82) is 0 Å². The highest BCUT2D eigenvalue weighted by Crippen LogP contribution is 2.23. The number of hydrogen-bond acceptors (Lipinski definition) is 5. The van der Waals surface area contributed by atoms with Crippen LogP contribution in [0.5, 0.6) is 0 Å². The van der Waals surface area contributed by atoms with Crippen molar-refractivity contribution in [3.63, 3.8) is 0 Å². The molecule has 3 N–H and O–H groups in total. The first kappa shape index (κ1) is 11.2. The van der Waals surface area contributed by atoms with Gasteiger partial charge in [-0.15, -0.1) is 0 Å². The summed E-state index contributed by atoms with van der Waals surface area (Å²) in [5.41, 5.74) is 7.77. The second-order valence-electron chi connectivity index (χ2n) is 4.72. The van der Waals surface area contributed by atoms with Crippen molar-refractivity contribution in [3.05, 3.63) is 24.3 Å². The second kappa shape index (κ2) is 4.42. The molecule has 18 heavy (non-hydrogen) atoms. The quantitative estimate of drug-likeness (QED) is 0.782. The van der Waals surface area contributed by atoms with Crippen LogP contribution in [-0.2, 0) is 0 Å². The van der Waals surface area contributed by atoms with Crippen LogP contribution in [0.3, 0.4) is 0 Å². The fourth-order valence-electron chi connectivity index (χ4n) is 2.36. The zero-order valence-corrected chi connectivity index (χ0v) is 10.4. The summed E-state index contributed by atoms with van der Waals surface area (Å²) in [5, 5.41) is 3.41. The maximum absolute atomic E-state index is 6.03. The van der Waals surface area contributed by atoms with E-state index < -0.39 is 0 Å². The van der Waals surface area contributed by atoms with Gasteiger partial charge in [-0.3, -0.25) is 0 Å². The number of piperazine rings is 1. The Kier molecular flexibility index (Phi) is 2.76. The fraction of sp³-hybridized carbons (Fsp3) is 0.385. The summed E-state index contributed by atoms with van der Waals surface area (Å²) in [6.07, 6.45) is 0. The van der Waals surface area contributed by atoms with E-state index in [2.05, 4.69) is 27.1 Å². The Morgan fingerprint density at radius 1 is 1.28 bits per heavy atom. The van der Waals surface area contributed by atoms with Crippen LogP contribution >= 0.6 is 0 Å². The number of para-hydroxylation sites is 2. The molecule has 1 fully saturated rings. The Labute approximate surface area is 106 Å². The van der Waals surface area contributed by atoms with Crippen molar-refractivity contribution in [1.82, 2.24) is 15.3 Å². The van der Waals surface area contributed by atoms with Gasteiger partial charge in [-0.2, -0.15) is 0 Å². The number of aromatic nitrogens is 2. The Morgan fingerprint density at radius 3 is 2.72 bits per heavy atom. The number of fused-ring (bicyclic) bond motifs is 1. The van der Waals surface area contributed by atoms with E-state index in [0.717, 1.165) is 36.5 Å². The lowest BCUT2D eigenvalue weighted by molar-refractivity contribution is 0.483. The predicted octanol–water partition coefficient (Wildman–Crippen LogP) is 1.01. The second-order valence-corrected chi connectivity index (χ2v) is 4.72. The van der Waals surface area contributed by atoms with E-state index in [1.807, 2.05) is 24.3 Å². The van der Waals surface area contributed by atoms with Gasteiger partial charge in [0.15, 0.2) is 11.6 Å². The minimum absolute atomic E-state index is 0.450. The molecule has 1 aliphatic rings. The average Bonchev–Trinajstić information content (AvgIpc) is 2.38. The van der Waals surface area contributed by atoms with Gasteiger partial charge >= 0.3 is 0 Å². The molecule has 5 heteroatoms. The number of nitrogens with two attached hydrogens (primary N) is 1. The van der Waals surface area contributed by atoms with Crippen LogP contribution in [0.15, 0.2) is 24.3 Å². The van der Waals surface area contributed by atoms with Gasteiger partial charge in [-0.25, -0.2) is 9.97 Å². The first-order valence-electron chi connectivity index (χ1n) is 6.24. The summed E-state index contributed by atoms with van der Waals surface area (Å²) < 4.78 is 0. The Bertz CT molecular complexity index is 568. The van der Waals surface area contributed by atoms with E-state index in [9.17, 15) is 0 Å². The van der Waals surface area contributed by atoms with Gasteiger partial charge in [-0.1, -0.05) is 12.1 Å². The standard InChI is InChI=1S/C13H17N5/c1-9-8-18(7-6-15-9)13-12(14)16-10-4-2-3-5-11(10)17-13/h2-5,9,15H,6-8H2,1H3,(H2,14,16). The largest absolute Gasteiger partial charge is 0.381 e. The zero-order chi connectivity index (χ0) is 12.5. The Morgan fingerprint density at radius 2 is 2.00 bits per heavy atom. The van der Waals surface area contributed by atoms with Crippen molar-refractivity contribution >= 4 is 22.7 Å². The van der Waals surface area contributed by atoms with Crippen molar-refractivity contribution in [2.24, 2.45) is 0 Å². The van der Waals surface area contributed by atoms with Gasteiger partial charge in [-0.05, 0) is 19.1 Å². The molecule has 1 atom stereocenters. The average molecular weight is 243 g/mol. The van der Waals surface area contributed by atoms with Crippen molar-refractivity contribution < 1.29 is 0 Å². The molecule has 1 saturated heterocycles. The summed E-state index contributed by atoms with van der Waals surface area (Å²) in [4.78, 5) is 11.3. The first-order valence-corrected chi connectivity index (χ1v) is 6.24. The van der Waals surface area contributed by atoms with Crippen LogP contribution in [0.2, 0.25) is 0 Å². The van der Waals surface area contributed by atoms with Crippen LogP contribution in [-0.4, -0.2) is 35.6 Å². The van der Waals surface area contributed by atoms with Gasteiger partial charge < -0.3 is 16.0 Å². The molecule has 2 aromatic rings. The predicted molar refractivity (Wildman–Crippen MR) is 73.6 cm³/mol. The number of hydrogen-bond donors (Lipinski definition) is 2. The van der Waals surface area contributed by atoms with E-state index in [1.165, 1.54) is 0 Å². The van der Waals surface area contributed by atoms with Crippen LogP contribution < -0.4 is 16.0 Å². The molecule has 0 amide bonds. The van der Waals surface area contributed by atoms with Gasteiger partial charge in [0, 0.05) is 25.7 Å². The topological polar surface area (TPSA) is 67.1 Å². The SMILES string of the molecule is CC1CN(c2nc3ccccc3nc2N)CCN1. The highest BCUT2D eigenvalue weighted by atomic mass is 15.3. The maximum atomic E-state index is 6.03. The fourth-order valence-corrected chi connectivity index (χ4v) is 2.36. The molecule has 1 aliphatic heterocycles. The maximum Gasteiger partial charge on any atom is 0.172 e. The lowest BCUT2D eigenvalue weighted by Gasteiger charge is -2.33. The number of nitrogens with zero attached hydrogens (tertiary/aromatic N) is 3. The monoisotopic (exact) mass is 243 g/mol. The summed E-state index contributed by atoms with van der Waals surface area (Å²) in [6.45, 7) is 4.95. The lowest BCUT2D eigenvalue weighted by atomic mass is 10.2. The molecule has 1 aromatic carbocycles. The van der Waals surface area contributed by atoms with Crippen molar-refractivity contribution in [3.8, 4) is 0 Å². The Hall–Kier alpha value is -1.88. The number of nitrogens with one attached hydrogen (secondary N) is 1. The number of benzene rings is 1. The van der Waals surface area contributed by atoms with Crippen LogP contribution in [0, 0.1) is 0 Å². The highest BCUT2D eigenvalue weighted by molar-refractivity contribution is 5.79. The van der Waals surface area contributed by atoms with Gasteiger partial charge in [0.25, 0.3) is 0 Å². The zero-order valence-electron chi connectivity index (χ0n) is 10.4. The lowest BCUT2D eigenvalue weighted by Crippen LogP contribution is -2.49. The van der Waals surface area contributed by atoms with E-state index >= 15 is 0 Å². The molecule has 3 rings (SSSR count). The number of nitrogen functional groups attached to an aromatic ring is 1. The third-order valence-corrected chi connectivity index (χ3v) is 3.25. The van der Waals surface area contributed by atoms with Gasteiger partial charge in [0.1, 0.15) is 0 Å². The molecule has 0 bridgehead atoms. The van der Waals surface area contributed by atoms with Gasteiger partial charge in [0.05, 0.1) is 11.0 Å². The molecule has 94 valence electrons. The first-order chi connectivity index (χ1) is 8.74. The van der Waals surface area contributed by atoms with Crippen molar-refractivity contribution in [2.75, 3.05) is 30.3 Å². The smallest absolute Gasteiger partial charge is 0.172 e. The molecule has 0 radical (unpaired) electrons. The van der Waals surface area contributed by atoms with E-state index in [0.29, 0.717) is 11.9 Å². The molecule has 1 aromatic heterocycles. The third kappa shape index (κ3) is 1.97. The summed E-state index contributed by atoms with van der Waals surface area (Å²) in [6, 6.07) is 8.27. The molecule has 0 aliphatic carbocycles. The third-order valence-electron chi connectivity index (χ3n) is 3.25. The van der Waals surface area contributed by atoms with Crippen molar-refractivity contribution in [2.45, 2.75) is 13.0 Å². The van der Waals surface area contributed by atoms with Crippen LogP contribution in [0.4, 0.5) is 11.6 Å². The molecule has 2 heterocycles. The van der Waals surface area contributed by atoms with E-state index in [4.69, 9.17) is 5.73 Å². The highest BCUT2D eigenvalue weighted by Gasteiger charge is 2.19. The molecule has 0 saturated carbocycles. The molecular formula is C13H17N5. The summed E-state index contributed by atoms with van der Waals surface area (Å²) in [7, 11) is 0. The van der Waals surface area contributed by atoms with Gasteiger partial charge in [0.2, 0.25) is 0 Å². The van der Waals surface area contributed by atoms with E-state index in [1.54, 1.807) is 0 Å². The number of anilines is 2. The van der Waals surface area contributed by atoms with E-state index in [-0.39, 0.29) is 0 Å². The molecule has 0 spiro atoms. The Balaban J connectivity index is 2.02. The summed E-state index contributed by atoms with van der Waals surface area (Å²) in [5.74, 6) is 1.32.